The van der Waals surface area contributed by atoms with Crippen LogP contribution in [0, 0.1) is 6.92 Å². The van der Waals surface area contributed by atoms with Crippen molar-refractivity contribution in [3.8, 4) is 0 Å². The molecule has 1 aromatic rings. The summed E-state index contributed by atoms with van der Waals surface area (Å²) in [4.78, 5) is 34.5. The molecule has 2 N–H and O–H groups in total. The molecule has 0 radical (unpaired) electrons. The molecule has 6 nitrogen and oxygen atoms in total. The van der Waals surface area contributed by atoms with Crippen LogP contribution < -0.4 is 10.6 Å². The van der Waals surface area contributed by atoms with E-state index in [-0.39, 0.29) is 6.04 Å². The first-order chi connectivity index (χ1) is 9.56. The van der Waals surface area contributed by atoms with Gasteiger partial charge in [0.05, 0.1) is 5.56 Å². The average molecular weight is 276 g/mol. The van der Waals surface area contributed by atoms with E-state index >= 15 is 0 Å². The summed E-state index contributed by atoms with van der Waals surface area (Å²) in [6, 6.07) is 6.53. The first-order valence-corrected chi connectivity index (χ1v) is 6.39. The van der Waals surface area contributed by atoms with Gasteiger partial charge in [-0.1, -0.05) is 18.2 Å². The number of rotatable bonds is 4. The largest absolute Gasteiger partial charge is 0.452 e. The molecule has 1 saturated carbocycles. The van der Waals surface area contributed by atoms with Crippen LogP contribution in [0.1, 0.15) is 28.8 Å². The number of ether oxygens (including phenoxy) is 1. The predicted octanol–water partition coefficient (Wildman–Crippen LogP) is 1.14. The van der Waals surface area contributed by atoms with Crippen LogP contribution in [0.15, 0.2) is 24.3 Å². The van der Waals surface area contributed by atoms with Gasteiger partial charge in [0.2, 0.25) is 0 Å². The second-order valence-electron chi connectivity index (χ2n) is 4.69. The number of esters is 1. The van der Waals surface area contributed by atoms with Crippen molar-refractivity contribution in [3.63, 3.8) is 0 Å². The number of nitrogens with one attached hydrogen (secondary N) is 2. The van der Waals surface area contributed by atoms with Crippen molar-refractivity contribution in [2.75, 3.05) is 6.61 Å². The van der Waals surface area contributed by atoms with Crippen LogP contribution in [0.25, 0.3) is 0 Å². The minimum atomic E-state index is -0.648. The Morgan fingerprint density at radius 3 is 2.60 bits per heavy atom. The molecule has 0 aliphatic heterocycles. The third kappa shape index (κ3) is 4.08. The zero-order valence-corrected chi connectivity index (χ0v) is 11.1. The Morgan fingerprint density at radius 2 is 1.95 bits per heavy atom. The molecular formula is C14H16N2O4. The molecule has 0 saturated heterocycles. The lowest BCUT2D eigenvalue weighted by molar-refractivity contribution is -0.123. The summed E-state index contributed by atoms with van der Waals surface area (Å²) in [7, 11) is 0. The lowest BCUT2D eigenvalue weighted by atomic mass is 10.1. The fourth-order valence-corrected chi connectivity index (χ4v) is 1.62. The highest BCUT2D eigenvalue weighted by Gasteiger charge is 2.24. The van der Waals surface area contributed by atoms with E-state index in [1.54, 1.807) is 31.2 Å². The third-order valence-electron chi connectivity index (χ3n) is 2.86. The fourth-order valence-electron chi connectivity index (χ4n) is 1.62. The molecule has 0 aromatic heterocycles. The first-order valence-electron chi connectivity index (χ1n) is 6.39. The fraction of sp³-hybridized carbons (Fsp3) is 0.357. The van der Waals surface area contributed by atoms with Gasteiger partial charge in [-0.2, -0.15) is 0 Å². The summed E-state index contributed by atoms with van der Waals surface area (Å²) in [5.74, 6) is -1.23. The van der Waals surface area contributed by atoms with Crippen molar-refractivity contribution in [1.82, 2.24) is 10.6 Å². The van der Waals surface area contributed by atoms with Crippen molar-refractivity contribution in [2.45, 2.75) is 25.8 Å². The van der Waals surface area contributed by atoms with Crippen LogP contribution >= 0.6 is 0 Å². The second-order valence-corrected chi connectivity index (χ2v) is 4.69. The van der Waals surface area contributed by atoms with E-state index in [4.69, 9.17) is 4.74 Å². The lowest BCUT2D eigenvalue weighted by Gasteiger charge is -2.07. The van der Waals surface area contributed by atoms with Gasteiger partial charge >= 0.3 is 12.0 Å². The molecule has 6 heteroatoms. The van der Waals surface area contributed by atoms with Crippen molar-refractivity contribution < 1.29 is 19.1 Å². The number of hydrogen-bond donors (Lipinski definition) is 2. The first kappa shape index (κ1) is 14.0. The van der Waals surface area contributed by atoms with Gasteiger partial charge in [-0.15, -0.1) is 0 Å². The molecule has 20 heavy (non-hydrogen) atoms. The molecule has 0 bridgehead atoms. The van der Waals surface area contributed by atoms with E-state index in [1.807, 2.05) is 0 Å². The number of amides is 3. The van der Waals surface area contributed by atoms with E-state index in [2.05, 4.69) is 10.6 Å². The highest BCUT2D eigenvalue weighted by molar-refractivity contribution is 5.97. The van der Waals surface area contributed by atoms with E-state index in [0.717, 1.165) is 18.4 Å². The molecule has 3 amide bonds. The molecule has 1 aliphatic rings. The van der Waals surface area contributed by atoms with Crippen LogP contribution in [0.2, 0.25) is 0 Å². The van der Waals surface area contributed by atoms with Crippen LogP contribution in [0.4, 0.5) is 4.79 Å². The number of hydrogen-bond acceptors (Lipinski definition) is 4. The Bertz CT molecular complexity index is 538. The van der Waals surface area contributed by atoms with Gasteiger partial charge in [-0.25, -0.2) is 9.59 Å². The van der Waals surface area contributed by atoms with Gasteiger partial charge in [-0.3, -0.25) is 10.1 Å². The van der Waals surface area contributed by atoms with Crippen LogP contribution in [0.5, 0.6) is 0 Å². The molecule has 2 rings (SSSR count). The molecule has 1 fully saturated rings. The maximum absolute atomic E-state index is 11.7. The Kier molecular flexibility index (Phi) is 4.34. The minimum absolute atomic E-state index is 0.164. The molecule has 106 valence electrons. The van der Waals surface area contributed by atoms with E-state index < -0.39 is 24.5 Å². The summed E-state index contributed by atoms with van der Waals surface area (Å²) in [6.07, 6.45) is 1.87. The summed E-state index contributed by atoms with van der Waals surface area (Å²) in [6.45, 7) is 1.30. The van der Waals surface area contributed by atoms with E-state index in [9.17, 15) is 14.4 Å². The Labute approximate surface area is 116 Å². The van der Waals surface area contributed by atoms with Gasteiger partial charge < -0.3 is 10.1 Å². The molecule has 0 atom stereocenters. The SMILES string of the molecule is Cc1ccccc1C(=O)OCC(=O)NC(=O)NC1CC1. The lowest BCUT2D eigenvalue weighted by Crippen LogP contribution is -2.42. The Hall–Kier alpha value is -2.37. The summed E-state index contributed by atoms with van der Waals surface area (Å²) in [5, 5.41) is 4.71. The topological polar surface area (TPSA) is 84.5 Å². The van der Waals surface area contributed by atoms with Crippen molar-refractivity contribution >= 4 is 17.9 Å². The normalized spacial score (nSPS) is 13.4. The zero-order chi connectivity index (χ0) is 14.5. The summed E-state index contributed by atoms with van der Waals surface area (Å²) >= 11 is 0. The maximum Gasteiger partial charge on any atom is 0.338 e. The van der Waals surface area contributed by atoms with E-state index in [0.29, 0.717) is 5.56 Å². The number of benzene rings is 1. The van der Waals surface area contributed by atoms with Gasteiger partial charge in [0.25, 0.3) is 5.91 Å². The minimum Gasteiger partial charge on any atom is -0.452 e. The Balaban J connectivity index is 1.76. The third-order valence-corrected chi connectivity index (χ3v) is 2.86. The van der Waals surface area contributed by atoms with Crippen LogP contribution in [-0.4, -0.2) is 30.6 Å². The van der Waals surface area contributed by atoms with Gasteiger partial charge in [-0.05, 0) is 31.4 Å². The van der Waals surface area contributed by atoms with Gasteiger partial charge in [0.15, 0.2) is 6.61 Å². The van der Waals surface area contributed by atoms with Crippen molar-refractivity contribution in [1.29, 1.82) is 0 Å². The van der Waals surface area contributed by atoms with E-state index in [1.165, 1.54) is 0 Å². The standard InChI is InChI=1S/C14H16N2O4/c1-9-4-2-3-5-11(9)13(18)20-8-12(17)16-14(19)15-10-6-7-10/h2-5,10H,6-8H2,1H3,(H2,15,16,17,19). The number of carbonyl (C=O) groups is 3. The Morgan fingerprint density at radius 1 is 1.25 bits per heavy atom. The highest BCUT2D eigenvalue weighted by Crippen LogP contribution is 2.18. The molecular weight excluding hydrogens is 260 g/mol. The molecule has 0 unspecified atom stereocenters. The summed E-state index contributed by atoms with van der Waals surface area (Å²) < 4.78 is 4.86. The van der Waals surface area contributed by atoms with Crippen molar-refractivity contribution in [3.05, 3.63) is 35.4 Å². The number of imide groups is 1. The van der Waals surface area contributed by atoms with Crippen LogP contribution in [0.3, 0.4) is 0 Å². The summed E-state index contributed by atoms with van der Waals surface area (Å²) in [5.41, 5.74) is 1.17. The molecule has 0 spiro atoms. The van der Waals surface area contributed by atoms with Crippen molar-refractivity contribution in [2.24, 2.45) is 0 Å². The molecule has 1 aromatic carbocycles. The number of urea groups is 1. The number of aryl methyl sites for hydroxylation is 1. The predicted molar refractivity (Wildman–Crippen MR) is 71.2 cm³/mol. The monoisotopic (exact) mass is 276 g/mol. The quantitative estimate of drug-likeness (QED) is 0.808. The highest BCUT2D eigenvalue weighted by atomic mass is 16.5. The maximum atomic E-state index is 11.7. The number of carbonyl (C=O) groups excluding carboxylic acids is 3. The second kappa shape index (κ2) is 6.18. The smallest absolute Gasteiger partial charge is 0.338 e. The van der Waals surface area contributed by atoms with Crippen LogP contribution in [-0.2, 0) is 9.53 Å². The van der Waals surface area contributed by atoms with Gasteiger partial charge in [0.1, 0.15) is 0 Å². The molecule has 0 heterocycles. The average Bonchev–Trinajstić information content (AvgIpc) is 3.20. The zero-order valence-electron chi connectivity index (χ0n) is 11.1. The molecule has 1 aliphatic carbocycles. The van der Waals surface area contributed by atoms with Gasteiger partial charge in [0, 0.05) is 6.04 Å².